The van der Waals surface area contributed by atoms with E-state index in [1.807, 2.05) is 0 Å². The molecule has 0 fully saturated rings. The van der Waals surface area contributed by atoms with E-state index in [1.165, 1.54) is 0 Å². The molecule has 0 saturated heterocycles. The van der Waals surface area contributed by atoms with Crippen LogP contribution >= 0.6 is 0 Å². The number of nitrogens with two attached hydrogens (primary N) is 1. The minimum absolute atomic E-state index is 0.0234. The third-order valence-electron chi connectivity index (χ3n) is 1.89. The van der Waals surface area contributed by atoms with Gasteiger partial charge in [-0.15, -0.1) is 0 Å². The topological polar surface area (TPSA) is 81.4 Å². The van der Waals surface area contributed by atoms with E-state index in [4.69, 9.17) is 5.84 Å². The number of ether oxygens (including phenoxy) is 1. The van der Waals surface area contributed by atoms with Crippen molar-refractivity contribution in [3.63, 3.8) is 0 Å². The quantitative estimate of drug-likeness (QED) is 0.490. The van der Waals surface area contributed by atoms with E-state index in [0.29, 0.717) is 12.8 Å². The number of nitrogens with one attached hydrogen (secondary N) is 1. The van der Waals surface area contributed by atoms with Crippen molar-refractivity contribution in [2.24, 2.45) is 5.84 Å². The van der Waals surface area contributed by atoms with Gasteiger partial charge in [-0.2, -0.15) is 13.2 Å². The molecular weight excluding hydrogens is 261 g/mol. The predicted molar refractivity (Wildman–Crippen MR) is 56.9 cm³/mol. The first-order valence-corrected chi connectivity index (χ1v) is 6.98. The summed E-state index contributed by atoms with van der Waals surface area (Å²) in [6, 6.07) is -0.487. The summed E-state index contributed by atoms with van der Waals surface area (Å²) in [5, 5.41) is 0. The monoisotopic (exact) mass is 278 g/mol. The molecule has 5 nitrogen and oxygen atoms in total. The third kappa shape index (κ3) is 11.9. The van der Waals surface area contributed by atoms with Crippen LogP contribution in [0.15, 0.2) is 0 Å². The van der Waals surface area contributed by atoms with Gasteiger partial charge in [-0.05, 0) is 12.8 Å². The molecule has 0 amide bonds. The molecule has 0 aromatic rings. The van der Waals surface area contributed by atoms with E-state index in [1.54, 1.807) is 0 Å². The van der Waals surface area contributed by atoms with Crippen molar-refractivity contribution in [2.45, 2.75) is 25.1 Å². The van der Waals surface area contributed by atoms with Crippen molar-refractivity contribution in [3.8, 4) is 0 Å². The Balaban J connectivity index is 3.78. The van der Waals surface area contributed by atoms with Gasteiger partial charge in [0.05, 0.1) is 6.61 Å². The highest BCUT2D eigenvalue weighted by Gasteiger charge is 2.27. The van der Waals surface area contributed by atoms with Crippen LogP contribution in [0.25, 0.3) is 0 Å². The molecule has 0 aromatic carbocycles. The highest BCUT2D eigenvalue weighted by Crippen LogP contribution is 2.14. The molecule has 0 aromatic heterocycles. The first-order chi connectivity index (χ1) is 7.64. The number of rotatable bonds is 8. The molecular formula is C8H17F3N2O3S. The Hall–Kier alpha value is -0.380. The molecule has 0 aliphatic rings. The summed E-state index contributed by atoms with van der Waals surface area (Å²) in [6.07, 6.45) is -2.62. The largest absolute Gasteiger partial charge is 0.411 e. The van der Waals surface area contributed by atoms with Crippen molar-refractivity contribution in [2.75, 3.05) is 25.2 Å². The second-order valence-electron chi connectivity index (χ2n) is 3.77. The lowest BCUT2D eigenvalue weighted by molar-refractivity contribution is -0.175. The summed E-state index contributed by atoms with van der Waals surface area (Å²) in [7, 11) is -3.06. The van der Waals surface area contributed by atoms with E-state index < -0.39 is 28.7 Å². The fourth-order valence-corrected chi connectivity index (χ4v) is 1.81. The van der Waals surface area contributed by atoms with Gasteiger partial charge >= 0.3 is 6.18 Å². The molecule has 1 unspecified atom stereocenters. The molecule has 0 aliphatic carbocycles. The lowest BCUT2D eigenvalue weighted by Crippen LogP contribution is -2.39. The summed E-state index contributed by atoms with van der Waals surface area (Å²) >= 11 is 0. The zero-order valence-corrected chi connectivity index (χ0v) is 10.3. The molecule has 0 aliphatic heterocycles. The van der Waals surface area contributed by atoms with E-state index >= 15 is 0 Å². The molecule has 9 heteroatoms. The standard InChI is InChI=1S/C8H17F3N2O3S/c1-17(14,15)4-2-3-7(13-12)5-16-6-8(9,10)11/h7,13H,2-6,12H2,1H3. The van der Waals surface area contributed by atoms with E-state index in [2.05, 4.69) is 10.2 Å². The van der Waals surface area contributed by atoms with Gasteiger partial charge in [0.1, 0.15) is 16.4 Å². The Morgan fingerprint density at radius 3 is 2.41 bits per heavy atom. The molecule has 0 heterocycles. The van der Waals surface area contributed by atoms with Crippen LogP contribution in [0.3, 0.4) is 0 Å². The Morgan fingerprint density at radius 1 is 1.41 bits per heavy atom. The number of sulfone groups is 1. The van der Waals surface area contributed by atoms with E-state index in [9.17, 15) is 21.6 Å². The van der Waals surface area contributed by atoms with Crippen molar-refractivity contribution >= 4 is 9.84 Å². The molecule has 0 saturated carbocycles. The summed E-state index contributed by atoms with van der Waals surface area (Å²) in [4.78, 5) is 0. The van der Waals surface area contributed by atoms with E-state index in [-0.39, 0.29) is 12.4 Å². The molecule has 0 spiro atoms. The molecule has 0 bridgehead atoms. The van der Waals surface area contributed by atoms with Crippen molar-refractivity contribution < 1.29 is 26.3 Å². The second kappa shape index (κ2) is 7.14. The number of hydrogen-bond donors (Lipinski definition) is 2. The number of hydrogen-bond acceptors (Lipinski definition) is 5. The number of hydrazine groups is 1. The van der Waals surface area contributed by atoms with Crippen molar-refractivity contribution in [1.82, 2.24) is 5.43 Å². The van der Waals surface area contributed by atoms with Crippen LogP contribution in [0.5, 0.6) is 0 Å². The van der Waals surface area contributed by atoms with Crippen LogP contribution in [0, 0.1) is 0 Å². The zero-order chi connectivity index (χ0) is 13.5. The highest BCUT2D eigenvalue weighted by atomic mass is 32.2. The molecule has 3 N–H and O–H groups in total. The van der Waals surface area contributed by atoms with E-state index in [0.717, 1.165) is 6.26 Å². The van der Waals surface area contributed by atoms with Gasteiger partial charge in [0.2, 0.25) is 0 Å². The highest BCUT2D eigenvalue weighted by molar-refractivity contribution is 7.90. The first-order valence-electron chi connectivity index (χ1n) is 4.92. The van der Waals surface area contributed by atoms with Crippen LogP contribution in [0.2, 0.25) is 0 Å². The predicted octanol–water partition coefficient (Wildman–Crippen LogP) is 0.222. The molecule has 1 atom stereocenters. The fourth-order valence-electron chi connectivity index (χ4n) is 1.12. The average Bonchev–Trinajstić information content (AvgIpc) is 2.11. The van der Waals surface area contributed by atoms with Gasteiger partial charge in [-0.25, -0.2) is 8.42 Å². The van der Waals surface area contributed by atoms with Gasteiger partial charge in [0, 0.05) is 18.1 Å². The summed E-state index contributed by atoms with van der Waals surface area (Å²) in [6.45, 7) is -1.54. The van der Waals surface area contributed by atoms with Crippen LogP contribution in [0.4, 0.5) is 13.2 Å². The van der Waals surface area contributed by atoms with Crippen LogP contribution in [0.1, 0.15) is 12.8 Å². The lowest BCUT2D eigenvalue weighted by atomic mass is 10.2. The Labute approximate surface area is 98.4 Å². The maximum Gasteiger partial charge on any atom is 0.411 e. The number of alkyl halides is 3. The van der Waals surface area contributed by atoms with Gasteiger partial charge in [0.25, 0.3) is 0 Å². The maximum absolute atomic E-state index is 11.8. The van der Waals surface area contributed by atoms with Crippen LogP contribution < -0.4 is 11.3 Å². The fraction of sp³-hybridized carbons (Fsp3) is 1.00. The van der Waals surface area contributed by atoms with Gasteiger partial charge in [-0.1, -0.05) is 0 Å². The van der Waals surface area contributed by atoms with Crippen molar-refractivity contribution in [3.05, 3.63) is 0 Å². The SMILES string of the molecule is CS(=O)(=O)CCCC(COCC(F)(F)F)NN. The van der Waals surface area contributed by atoms with Gasteiger partial charge in [0.15, 0.2) is 0 Å². The summed E-state index contributed by atoms with van der Waals surface area (Å²) in [5.74, 6) is 5.09. The Bertz CT molecular complexity index is 306. The molecule has 104 valence electrons. The smallest absolute Gasteiger partial charge is 0.370 e. The molecule has 0 radical (unpaired) electrons. The minimum atomic E-state index is -4.37. The average molecular weight is 278 g/mol. The van der Waals surface area contributed by atoms with Gasteiger partial charge in [-0.3, -0.25) is 11.3 Å². The van der Waals surface area contributed by atoms with Crippen LogP contribution in [-0.4, -0.2) is 45.9 Å². The first kappa shape index (κ1) is 16.6. The normalized spacial score (nSPS) is 14.9. The zero-order valence-electron chi connectivity index (χ0n) is 9.46. The Morgan fingerprint density at radius 2 is 2.00 bits per heavy atom. The Kier molecular flexibility index (Phi) is 6.98. The minimum Gasteiger partial charge on any atom is -0.370 e. The molecule has 0 rings (SSSR count). The summed E-state index contributed by atoms with van der Waals surface area (Å²) < 4.78 is 61.3. The summed E-state index contributed by atoms with van der Waals surface area (Å²) in [5.41, 5.74) is 2.29. The van der Waals surface area contributed by atoms with Crippen molar-refractivity contribution in [1.29, 1.82) is 0 Å². The van der Waals surface area contributed by atoms with Crippen LogP contribution in [-0.2, 0) is 14.6 Å². The second-order valence-corrected chi connectivity index (χ2v) is 6.03. The third-order valence-corrected chi connectivity index (χ3v) is 2.92. The maximum atomic E-state index is 11.8. The lowest BCUT2D eigenvalue weighted by Gasteiger charge is -2.16. The van der Waals surface area contributed by atoms with Gasteiger partial charge < -0.3 is 4.74 Å². The molecule has 17 heavy (non-hydrogen) atoms. The number of halogens is 3.